The summed E-state index contributed by atoms with van der Waals surface area (Å²) in [6, 6.07) is 6.46. The second-order valence-corrected chi connectivity index (χ2v) is 5.47. The lowest BCUT2D eigenvalue weighted by molar-refractivity contribution is 0.297. The lowest BCUT2D eigenvalue weighted by atomic mass is 10.1. The SMILES string of the molecule is COc1ccc(CNC(C)CN2CCCC2)c(OC)c1. The van der Waals surface area contributed by atoms with Crippen LogP contribution in [0.3, 0.4) is 0 Å². The maximum Gasteiger partial charge on any atom is 0.127 e. The number of hydrogen-bond donors (Lipinski definition) is 1. The number of hydrogen-bond acceptors (Lipinski definition) is 4. The van der Waals surface area contributed by atoms with Crippen molar-refractivity contribution in [2.75, 3.05) is 33.9 Å². The zero-order chi connectivity index (χ0) is 14.4. The minimum Gasteiger partial charge on any atom is -0.497 e. The van der Waals surface area contributed by atoms with Crippen molar-refractivity contribution in [2.24, 2.45) is 0 Å². The zero-order valence-electron chi connectivity index (χ0n) is 12.8. The second kappa shape index (κ2) is 7.50. The summed E-state index contributed by atoms with van der Waals surface area (Å²) in [6.07, 6.45) is 2.69. The third-order valence-corrected chi connectivity index (χ3v) is 3.87. The molecule has 1 saturated heterocycles. The highest BCUT2D eigenvalue weighted by Crippen LogP contribution is 2.24. The van der Waals surface area contributed by atoms with Crippen molar-refractivity contribution in [3.63, 3.8) is 0 Å². The largest absolute Gasteiger partial charge is 0.497 e. The summed E-state index contributed by atoms with van der Waals surface area (Å²) in [5.74, 6) is 1.71. The fourth-order valence-corrected chi connectivity index (χ4v) is 2.70. The van der Waals surface area contributed by atoms with Gasteiger partial charge in [0.1, 0.15) is 11.5 Å². The highest BCUT2D eigenvalue weighted by Gasteiger charge is 2.14. The molecule has 1 atom stereocenters. The van der Waals surface area contributed by atoms with Gasteiger partial charge in [0, 0.05) is 30.8 Å². The quantitative estimate of drug-likeness (QED) is 0.829. The van der Waals surface area contributed by atoms with Crippen LogP contribution < -0.4 is 14.8 Å². The van der Waals surface area contributed by atoms with Crippen LogP contribution in [0.5, 0.6) is 11.5 Å². The third-order valence-electron chi connectivity index (χ3n) is 3.87. The van der Waals surface area contributed by atoms with Gasteiger partial charge >= 0.3 is 0 Å². The summed E-state index contributed by atoms with van der Waals surface area (Å²) < 4.78 is 10.6. The maximum atomic E-state index is 5.42. The number of likely N-dealkylation sites (tertiary alicyclic amines) is 1. The van der Waals surface area contributed by atoms with E-state index >= 15 is 0 Å². The molecule has 112 valence electrons. The van der Waals surface area contributed by atoms with Gasteiger partial charge in [-0.2, -0.15) is 0 Å². The van der Waals surface area contributed by atoms with E-state index in [9.17, 15) is 0 Å². The minimum atomic E-state index is 0.486. The van der Waals surface area contributed by atoms with Gasteiger partial charge in [-0.3, -0.25) is 0 Å². The number of ether oxygens (including phenoxy) is 2. The fourth-order valence-electron chi connectivity index (χ4n) is 2.70. The average molecular weight is 278 g/mol. The number of rotatable bonds is 7. The molecule has 0 saturated carbocycles. The Bertz CT molecular complexity index is 417. The standard InChI is InChI=1S/C16H26N2O2/c1-13(12-18-8-4-5-9-18)17-11-14-6-7-15(19-2)10-16(14)20-3/h6-7,10,13,17H,4-5,8-9,11-12H2,1-3H3. The Hall–Kier alpha value is -1.26. The summed E-state index contributed by atoms with van der Waals surface area (Å²) in [5.41, 5.74) is 1.17. The molecule has 0 radical (unpaired) electrons. The van der Waals surface area contributed by atoms with Crippen molar-refractivity contribution in [3.05, 3.63) is 23.8 Å². The first kappa shape index (κ1) is 15.1. The molecular weight excluding hydrogens is 252 g/mol. The topological polar surface area (TPSA) is 33.7 Å². The Balaban J connectivity index is 1.86. The van der Waals surface area contributed by atoms with Crippen molar-refractivity contribution in [1.29, 1.82) is 0 Å². The molecule has 0 spiro atoms. The lowest BCUT2D eigenvalue weighted by Crippen LogP contribution is -2.37. The molecule has 0 amide bonds. The van der Waals surface area contributed by atoms with Gasteiger partial charge in [-0.05, 0) is 38.9 Å². The molecule has 1 aromatic rings. The van der Waals surface area contributed by atoms with Crippen LogP contribution in [0.4, 0.5) is 0 Å². The molecule has 1 unspecified atom stereocenters. The molecule has 20 heavy (non-hydrogen) atoms. The summed E-state index contributed by atoms with van der Waals surface area (Å²) in [5, 5.41) is 3.58. The average Bonchev–Trinajstić information content (AvgIpc) is 2.97. The Kier molecular flexibility index (Phi) is 5.68. The monoisotopic (exact) mass is 278 g/mol. The van der Waals surface area contributed by atoms with Crippen LogP contribution in [0.25, 0.3) is 0 Å². The van der Waals surface area contributed by atoms with E-state index in [2.05, 4.69) is 23.2 Å². The van der Waals surface area contributed by atoms with E-state index in [1.807, 2.05) is 12.1 Å². The maximum absolute atomic E-state index is 5.42. The molecule has 1 aliphatic rings. The molecule has 0 bridgehead atoms. The van der Waals surface area contributed by atoms with Crippen molar-refractivity contribution in [2.45, 2.75) is 32.4 Å². The van der Waals surface area contributed by atoms with Gasteiger partial charge in [0.05, 0.1) is 14.2 Å². The van der Waals surface area contributed by atoms with E-state index in [4.69, 9.17) is 9.47 Å². The molecular formula is C16H26N2O2. The highest BCUT2D eigenvalue weighted by molar-refractivity contribution is 5.40. The Labute approximate surface area is 122 Å². The van der Waals surface area contributed by atoms with Crippen molar-refractivity contribution in [3.8, 4) is 11.5 Å². The van der Waals surface area contributed by atoms with Crippen LogP contribution in [-0.4, -0.2) is 44.8 Å². The van der Waals surface area contributed by atoms with Gasteiger partial charge in [-0.25, -0.2) is 0 Å². The summed E-state index contributed by atoms with van der Waals surface area (Å²) >= 11 is 0. The lowest BCUT2D eigenvalue weighted by Gasteiger charge is -2.21. The van der Waals surface area contributed by atoms with Crippen molar-refractivity contribution in [1.82, 2.24) is 10.2 Å². The number of methoxy groups -OCH3 is 2. The fraction of sp³-hybridized carbons (Fsp3) is 0.625. The Morgan fingerprint density at radius 2 is 1.95 bits per heavy atom. The molecule has 1 heterocycles. The molecule has 1 aromatic carbocycles. The van der Waals surface area contributed by atoms with Gasteiger partial charge < -0.3 is 19.7 Å². The number of benzene rings is 1. The van der Waals surface area contributed by atoms with Gasteiger partial charge in [0.15, 0.2) is 0 Å². The summed E-state index contributed by atoms with van der Waals surface area (Å²) in [7, 11) is 3.37. The molecule has 4 heteroatoms. The van der Waals surface area contributed by atoms with Crippen LogP contribution in [0.2, 0.25) is 0 Å². The molecule has 1 aliphatic heterocycles. The first-order valence-corrected chi connectivity index (χ1v) is 7.39. The van der Waals surface area contributed by atoms with Crippen molar-refractivity contribution < 1.29 is 9.47 Å². The van der Waals surface area contributed by atoms with Gasteiger partial charge in [-0.1, -0.05) is 6.07 Å². The normalized spacial score (nSPS) is 17.1. The van der Waals surface area contributed by atoms with E-state index in [0.29, 0.717) is 6.04 Å². The Morgan fingerprint density at radius 3 is 2.60 bits per heavy atom. The number of nitrogens with one attached hydrogen (secondary N) is 1. The van der Waals surface area contributed by atoms with Crippen molar-refractivity contribution >= 4 is 0 Å². The first-order chi connectivity index (χ1) is 9.72. The van der Waals surface area contributed by atoms with E-state index in [0.717, 1.165) is 24.6 Å². The minimum absolute atomic E-state index is 0.486. The molecule has 2 rings (SSSR count). The summed E-state index contributed by atoms with van der Waals surface area (Å²) in [4.78, 5) is 2.53. The molecule has 0 aliphatic carbocycles. The second-order valence-electron chi connectivity index (χ2n) is 5.47. The predicted octanol–water partition coefficient (Wildman–Crippen LogP) is 2.28. The molecule has 1 fully saturated rings. The van der Waals surface area contributed by atoms with Gasteiger partial charge in [0.2, 0.25) is 0 Å². The van der Waals surface area contributed by atoms with E-state index in [-0.39, 0.29) is 0 Å². The van der Waals surface area contributed by atoms with Crippen LogP contribution in [0.15, 0.2) is 18.2 Å². The van der Waals surface area contributed by atoms with Crippen LogP contribution in [0.1, 0.15) is 25.3 Å². The van der Waals surface area contributed by atoms with E-state index < -0.39 is 0 Å². The van der Waals surface area contributed by atoms with Gasteiger partial charge in [0.25, 0.3) is 0 Å². The predicted molar refractivity (Wildman–Crippen MR) is 81.5 cm³/mol. The highest BCUT2D eigenvalue weighted by atomic mass is 16.5. The zero-order valence-corrected chi connectivity index (χ0v) is 12.8. The van der Waals surface area contributed by atoms with E-state index in [1.54, 1.807) is 14.2 Å². The summed E-state index contributed by atoms with van der Waals surface area (Å²) in [6.45, 7) is 6.69. The molecule has 0 aromatic heterocycles. The third kappa shape index (κ3) is 4.12. The van der Waals surface area contributed by atoms with Crippen LogP contribution >= 0.6 is 0 Å². The first-order valence-electron chi connectivity index (χ1n) is 7.39. The smallest absolute Gasteiger partial charge is 0.127 e. The molecule has 4 nitrogen and oxygen atoms in total. The van der Waals surface area contributed by atoms with Crippen LogP contribution in [-0.2, 0) is 6.54 Å². The van der Waals surface area contributed by atoms with E-state index in [1.165, 1.54) is 31.5 Å². The van der Waals surface area contributed by atoms with Crippen LogP contribution in [0, 0.1) is 0 Å². The Morgan fingerprint density at radius 1 is 1.20 bits per heavy atom. The van der Waals surface area contributed by atoms with Gasteiger partial charge in [-0.15, -0.1) is 0 Å². The molecule has 1 N–H and O–H groups in total. The number of nitrogens with zero attached hydrogens (tertiary/aromatic N) is 1.